The second kappa shape index (κ2) is 7.62. The van der Waals surface area contributed by atoms with Crippen molar-refractivity contribution in [1.29, 1.82) is 0 Å². The molecule has 4 rings (SSSR count). The number of hydrogen-bond acceptors (Lipinski definition) is 3. The summed E-state index contributed by atoms with van der Waals surface area (Å²) in [7, 11) is 2.03. The third-order valence-corrected chi connectivity index (χ3v) is 5.79. The number of imidazole rings is 1. The topological polar surface area (TPSA) is 50.2 Å². The lowest BCUT2D eigenvalue weighted by molar-refractivity contribution is -0.127. The number of amides is 1. The molecule has 1 saturated carbocycles. The highest BCUT2D eigenvalue weighted by molar-refractivity contribution is 5.79. The summed E-state index contributed by atoms with van der Waals surface area (Å²) in [6, 6.07) is 10.6. The van der Waals surface area contributed by atoms with E-state index in [4.69, 9.17) is 0 Å². The Morgan fingerprint density at radius 1 is 1.19 bits per heavy atom. The van der Waals surface area contributed by atoms with Crippen molar-refractivity contribution in [2.75, 3.05) is 13.1 Å². The average molecular weight is 352 g/mol. The Bertz CT molecular complexity index is 729. The number of aromatic nitrogens is 2. The van der Waals surface area contributed by atoms with Crippen molar-refractivity contribution in [3.05, 3.63) is 54.1 Å². The summed E-state index contributed by atoms with van der Waals surface area (Å²) in [4.78, 5) is 19.7. The molecule has 2 aliphatic rings. The molecule has 1 aliphatic heterocycles. The lowest BCUT2D eigenvalue weighted by Crippen LogP contribution is -2.42. The van der Waals surface area contributed by atoms with E-state index >= 15 is 0 Å². The summed E-state index contributed by atoms with van der Waals surface area (Å²) in [6.07, 6.45) is 8.14. The predicted octanol–water partition coefficient (Wildman–Crippen LogP) is 2.90. The van der Waals surface area contributed by atoms with Gasteiger partial charge in [0.05, 0.1) is 12.6 Å². The zero-order valence-electron chi connectivity index (χ0n) is 15.5. The highest BCUT2D eigenvalue weighted by atomic mass is 16.2. The van der Waals surface area contributed by atoms with Crippen LogP contribution in [0.25, 0.3) is 0 Å². The molecule has 5 heteroatoms. The second-order valence-corrected chi connectivity index (χ2v) is 7.74. The van der Waals surface area contributed by atoms with Crippen LogP contribution < -0.4 is 5.32 Å². The number of likely N-dealkylation sites (tertiary alicyclic amines) is 1. The first-order chi connectivity index (χ1) is 12.7. The quantitative estimate of drug-likeness (QED) is 0.870. The standard InChI is InChI=1S/C21H28N4O/c1-24-14-11-22-19(24)15-25-12-9-18(10-13-25)21(26)23-20(17-7-8-17)16-5-3-2-4-6-16/h2-6,11,14,17-18,20H,7-10,12-13,15H2,1H3,(H,23,26). The van der Waals surface area contributed by atoms with E-state index in [9.17, 15) is 4.79 Å². The SMILES string of the molecule is Cn1ccnc1CN1CCC(C(=O)NC(c2ccccc2)C2CC2)CC1. The molecule has 2 aromatic rings. The maximum atomic E-state index is 12.8. The van der Waals surface area contributed by atoms with Gasteiger partial charge in [-0.3, -0.25) is 9.69 Å². The van der Waals surface area contributed by atoms with E-state index < -0.39 is 0 Å². The smallest absolute Gasteiger partial charge is 0.223 e. The summed E-state index contributed by atoms with van der Waals surface area (Å²) in [5, 5.41) is 3.36. The van der Waals surface area contributed by atoms with E-state index in [1.807, 2.05) is 25.5 Å². The van der Waals surface area contributed by atoms with Crippen molar-refractivity contribution >= 4 is 5.91 Å². The van der Waals surface area contributed by atoms with Crippen LogP contribution >= 0.6 is 0 Å². The Kier molecular flexibility index (Phi) is 5.07. The van der Waals surface area contributed by atoms with Crippen LogP contribution in [0.1, 0.15) is 43.1 Å². The molecule has 1 amide bonds. The monoisotopic (exact) mass is 352 g/mol. The molecule has 1 atom stereocenters. The first kappa shape index (κ1) is 17.3. The highest BCUT2D eigenvalue weighted by Crippen LogP contribution is 2.41. The molecule has 2 fully saturated rings. The van der Waals surface area contributed by atoms with Crippen LogP contribution in [0.5, 0.6) is 0 Å². The number of nitrogens with one attached hydrogen (secondary N) is 1. The maximum Gasteiger partial charge on any atom is 0.223 e. The van der Waals surface area contributed by atoms with Gasteiger partial charge in [0.25, 0.3) is 0 Å². The molecule has 1 saturated heterocycles. The van der Waals surface area contributed by atoms with E-state index in [1.165, 1.54) is 18.4 Å². The summed E-state index contributed by atoms with van der Waals surface area (Å²) < 4.78 is 2.07. The number of nitrogens with zero attached hydrogens (tertiary/aromatic N) is 3. The number of carbonyl (C=O) groups is 1. The fourth-order valence-electron chi connectivity index (χ4n) is 3.94. The minimum atomic E-state index is 0.137. The van der Waals surface area contributed by atoms with E-state index in [0.29, 0.717) is 5.92 Å². The largest absolute Gasteiger partial charge is 0.349 e. The van der Waals surface area contributed by atoms with E-state index in [0.717, 1.165) is 38.3 Å². The van der Waals surface area contributed by atoms with Gasteiger partial charge in [-0.2, -0.15) is 0 Å². The summed E-state index contributed by atoms with van der Waals surface area (Å²) >= 11 is 0. The average Bonchev–Trinajstić information content (AvgIpc) is 3.44. The van der Waals surface area contributed by atoms with E-state index in [-0.39, 0.29) is 17.9 Å². The normalized spacial score (nSPS) is 20.0. The molecule has 138 valence electrons. The molecule has 1 unspecified atom stereocenters. The number of benzene rings is 1. The number of carbonyl (C=O) groups excluding carboxylic acids is 1. The van der Waals surface area contributed by atoms with Gasteiger partial charge in [-0.1, -0.05) is 30.3 Å². The molecule has 0 radical (unpaired) electrons. The molecule has 0 bridgehead atoms. The van der Waals surface area contributed by atoms with Crippen LogP contribution in [0, 0.1) is 11.8 Å². The van der Waals surface area contributed by atoms with Crippen molar-refractivity contribution in [3.8, 4) is 0 Å². The van der Waals surface area contributed by atoms with Crippen molar-refractivity contribution in [2.24, 2.45) is 18.9 Å². The first-order valence-electron chi connectivity index (χ1n) is 9.74. The molecule has 26 heavy (non-hydrogen) atoms. The lowest BCUT2D eigenvalue weighted by atomic mass is 9.94. The van der Waals surface area contributed by atoms with Crippen molar-refractivity contribution < 1.29 is 4.79 Å². The molecule has 2 heterocycles. The summed E-state index contributed by atoms with van der Waals surface area (Å²) in [5.41, 5.74) is 1.25. The van der Waals surface area contributed by atoms with Crippen molar-refractivity contribution in [1.82, 2.24) is 19.8 Å². The summed E-state index contributed by atoms with van der Waals surface area (Å²) in [6.45, 7) is 2.79. The van der Waals surface area contributed by atoms with Gasteiger partial charge in [-0.05, 0) is 50.3 Å². The fraction of sp³-hybridized carbons (Fsp3) is 0.524. The number of aryl methyl sites for hydroxylation is 1. The highest BCUT2D eigenvalue weighted by Gasteiger charge is 2.35. The third kappa shape index (κ3) is 3.98. The molecule has 1 aliphatic carbocycles. The molecule has 1 aromatic carbocycles. The van der Waals surface area contributed by atoms with Crippen LogP contribution in [0.15, 0.2) is 42.7 Å². The van der Waals surface area contributed by atoms with Crippen LogP contribution in [-0.4, -0.2) is 33.4 Å². The molecule has 1 aromatic heterocycles. The Morgan fingerprint density at radius 2 is 1.92 bits per heavy atom. The Hall–Kier alpha value is -2.14. The Balaban J connectivity index is 1.31. The van der Waals surface area contributed by atoms with Crippen LogP contribution in [0.4, 0.5) is 0 Å². The van der Waals surface area contributed by atoms with Gasteiger partial charge >= 0.3 is 0 Å². The molecular weight excluding hydrogens is 324 g/mol. The first-order valence-corrected chi connectivity index (χ1v) is 9.74. The lowest BCUT2D eigenvalue weighted by Gasteiger charge is -2.32. The van der Waals surface area contributed by atoms with Gasteiger partial charge in [0.15, 0.2) is 0 Å². The number of rotatable bonds is 6. The van der Waals surface area contributed by atoms with E-state index in [1.54, 1.807) is 0 Å². The van der Waals surface area contributed by atoms with Crippen molar-refractivity contribution in [3.63, 3.8) is 0 Å². The zero-order chi connectivity index (χ0) is 17.9. The Labute approximate surface area is 155 Å². The minimum absolute atomic E-state index is 0.137. The number of piperidine rings is 1. The van der Waals surface area contributed by atoms with E-state index in [2.05, 4.69) is 44.0 Å². The second-order valence-electron chi connectivity index (χ2n) is 7.74. The predicted molar refractivity (Wildman–Crippen MR) is 101 cm³/mol. The molecule has 1 N–H and O–H groups in total. The van der Waals surface area contributed by atoms with Crippen LogP contribution in [-0.2, 0) is 18.4 Å². The van der Waals surface area contributed by atoms with Gasteiger partial charge in [-0.15, -0.1) is 0 Å². The van der Waals surface area contributed by atoms with Crippen LogP contribution in [0.2, 0.25) is 0 Å². The maximum absolute atomic E-state index is 12.8. The molecule has 5 nitrogen and oxygen atoms in total. The minimum Gasteiger partial charge on any atom is -0.349 e. The third-order valence-electron chi connectivity index (χ3n) is 5.79. The number of hydrogen-bond donors (Lipinski definition) is 1. The van der Waals surface area contributed by atoms with Crippen molar-refractivity contribution in [2.45, 2.75) is 38.3 Å². The summed E-state index contributed by atoms with van der Waals surface area (Å²) in [5.74, 6) is 2.08. The van der Waals surface area contributed by atoms with Gasteiger partial charge in [0, 0.05) is 25.4 Å². The zero-order valence-corrected chi connectivity index (χ0v) is 15.5. The fourth-order valence-corrected chi connectivity index (χ4v) is 3.94. The van der Waals surface area contributed by atoms with Gasteiger partial charge in [0.1, 0.15) is 5.82 Å². The Morgan fingerprint density at radius 3 is 2.54 bits per heavy atom. The van der Waals surface area contributed by atoms with Gasteiger partial charge in [0.2, 0.25) is 5.91 Å². The molecular formula is C21H28N4O. The van der Waals surface area contributed by atoms with Crippen LogP contribution in [0.3, 0.4) is 0 Å². The van der Waals surface area contributed by atoms with Gasteiger partial charge < -0.3 is 9.88 Å². The van der Waals surface area contributed by atoms with Gasteiger partial charge in [-0.25, -0.2) is 4.98 Å². The molecule has 0 spiro atoms.